The standard InChI is InChI=1S/C26H30ClN5O2S.C18H13ClFN3O2S.C12H16BFN2O2.C12H9BrClNO2S.C8H18N2.C6H4Cl2S.C5H5BrN2.2H2O/c1-32(2)23-13-11-21(12-14-23)31-26-29-16-20(17-30-26)8-7-19-9-10-22(28-15-19)18-35(33,34)25-6-4-3-5-24(25)27;19-16-3-1-2-4-17(16)26(24,25)12-15-8-7-13(9-21-15)5-6-14-10-22-18(20)23-11-14;1-11(2)12(3,4)18-13(17-11)6-5-9-7-15-10(14)16-8-9;13-9-5-6-10(15-7-9)8-18(16,17)12-4-2-1-3-11(12)14;1-10(2)8-5-3-7(9)4-6-8;7-5-3-1-2-4-6(5)9-8;6-4-1-2-5(7)8-3-4;;/h3-10,15-17,21,23H,11-14,18H2,1-2H3,(H,29,30,31);1-11H,12H2;5-8H,1-4H3;1-7H,8H2;7-8H,3-6,9H2,1-2H3;1-4H;1-3H,(H2,7,8);2*1H2/b8-7+;2*6-5+;;;;;;. The summed E-state index contributed by atoms with van der Waals surface area (Å²) < 4.78 is 113. The molecule has 0 bridgehead atoms. The van der Waals surface area contributed by atoms with Crippen molar-refractivity contribution in [3.63, 3.8) is 0 Å². The minimum atomic E-state index is -3.58. The number of nitrogens with one attached hydrogen (secondary N) is 1. The topological polar surface area (TPSA) is 383 Å². The number of pyridine rings is 4. The van der Waals surface area contributed by atoms with E-state index >= 15 is 0 Å². The van der Waals surface area contributed by atoms with Crippen molar-refractivity contribution in [1.29, 1.82) is 0 Å². The molecule has 1 saturated heterocycles. The number of nitrogens with zero attached hydrogens (tertiary/aromatic N) is 12. The lowest BCUT2D eigenvalue weighted by molar-refractivity contribution is 0.00578. The number of nitrogens with two attached hydrogens (primary N) is 2. The molecule has 672 valence electrons. The molecule has 9 N–H and O–H groups in total. The summed E-state index contributed by atoms with van der Waals surface area (Å²) in [4.78, 5) is 45.0. The number of rotatable bonds is 20. The second-order valence-electron chi connectivity index (χ2n) is 29.8. The van der Waals surface area contributed by atoms with Crippen molar-refractivity contribution in [3.05, 3.63) is 300 Å². The highest BCUT2D eigenvalue weighted by Gasteiger charge is 2.50. The predicted octanol–water partition coefficient (Wildman–Crippen LogP) is 18.7. The Morgan fingerprint density at radius 3 is 1.12 bits per heavy atom. The van der Waals surface area contributed by atoms with Crippen LogP contribution in [0.25, 0.3) is 30.4 Å². The first kappa shape index (κ1) is 107. The Bertz CT molecular complexity index is 5610. The average Bonchev–Trinajstić information content (AvgIpc) is 1.63. The van der Waals surface area contributed by atoms with E-state index in [2.05, 4.69) is 125 Å². The highest BCUT2D eigenvalue weighted by molar-refractivity contribution is 9.10. The molecule has 3 fully saturated rings. The minimum Gasteiger partial charge on any atom is -0.412 e. The first-order chi connectivity index (χ1) is 58.9. The van der Waals surface area contributed by atoms with E-state index in [1.807, 2.05) is 76.2 Å². The lowest BCUT2D eigenvalue weighted by atomic mass is 9.89. The van der Waals surface area contributed by atoms with Gasteiger partial charge in [0.2, 0.25) is 5.95 Å². The second-order valence-corrected chi connectivity index (χ2v) is 40.2. The number of nitrogen functional groups attached to an aromatic ring is 1. The Kier molecular flexibility index (Phi) is 43.9. The molecular weight excluding hydrogens is 1930 g/mol. The molecule has 14 rings (SSSR count). The summed E-state index contributed by atoms with van der Waals surface area (Å²) in [6.07, 6.45) is 32.6. The molecule has 4 aromatic carbocycles. The quantitative estimate of drug-likeness (QED) is 0.0471. The Morgan fingerprint density at radius 2 is 0.786 bits per heavy atom. The number of hydrogen-bond acceptors (Lipinski definition) is 24. The third-order valence-corrected chi connectivity index (χ3v) is 28.4. The van der Waals surface area contributed by atoms with Crippen LogP contribution in [0, 0.1) is 12.2 Å². The largest absolute Gasteiger partial charge is 0.487 e. The predicted molar refractivity (Wildman–Crippen MR) is 510 cm³/mol. The zero-order valence-corrected chi connectivity index (χ0v) is 80.3. The molecule has 25 nitrogen and oxygen atoms in total. The van der Waals surface area contributed by atoms with Gasteiger partial charge in [0.1, 0.15) is 5.82 Å². The molecule has 8 heterocycles. The SMILES string of the molecule is CC1(C)OB(/C=C/c2cnc(F)nc2)OC1(C)C.CN(C)C1CCC(N)CC1.CN(C)C1CCC(Nc2ncc(/C=C/c3ccc(CS(=O)(=O)c4ccccc4Cl)nc3)cn2)CC1.ClSc1ccccc1Cl.Nc1ccc(Br)cn1.O.O.O=S(=O)(Cc1ccc(/C=C/c2cnc(F)nc2)cn1)c1ccccc1Cl.O=S(=O)(Cc1ccc(Br)cn1)c1ccccc1Cl. The molecule has 0 amide bonds. The van der Waals surface area contributed by atoms with Crippen LogP contribution in [0.4, 0.5) is 20.5 Å². The van der Waals surface area contributed by atoms with Crippen LogP contribution in [-0.2, 0) is 56.1 Å². The lowest BCUT2D eigenvalue weighted by Crippen LogP contribution is -2.41. The van der Waals surface area contributed by atoms with Crippen molar-refractivity contribution in [2.75, 3.05) is 39.2 Å². The van der Waals surface area contributed by atoms with Gasteiger partial charge in [0, 0.05) is 117 Å². The van der Waals surface area contributed by atoms with Crippen LogP contribution in [0.3, 0.4) is 0 Å². The van der Waals surface area contributed by atoms with Crippen LogP contribution in [0.2, 0.25) is 20.1 Å². The molecule has 2 saturated carbocycles. The van der Waals surface area contributed by atoms with Gasteiger partial charge in [0.05, 0.1) is 80.3 Å². The summed E-state index contributed by atoms with van der Waals surface area (Å²) in [5, 5.41) is 4.79. The van der Waals surface area contributed by atoms with Crippen molar-refractivity contribution >= 4 is 179 Å². The highest BCUT2D eigenvalue weighted by atomic mass is 79.9. The van der Waals surface area contributed by atoms with Gasteiger partial charge >= 0.3 is 19.3 Å². The van der Waals surface area contributed by atoms with Crippen molar-refractivity contribution in [3.8, 4) is 0 Å². The van der Waals surface area contributed by atoms with Crippen LogP contribution in [0.15, 0.2) is 242 Å². The Balaban J connectivity index is 0.000000240. The second kappa shape index (κ2) is 51.8. The Hall–Kier alpha value is -8.21. The van der Waals surface area contributed by atoms with Crippen molar-refractivity contribution in [2.24, 2.45) is 5.73 Å². The van der Waals surface area contributed by atoms with Gasteiger partial charge in [-0.05, 0) is 257 Å². The molecule has 0 unspecified atom stereocenters. The van der Waals surface area contributed by atoms with Crippen LogP contribution in [0.5, 0.6) is 0 Å². The third-order valence-electron chi connectivity index (χ3n) is 19.5. The summed E-state index contributed by atoms with van der Waals surface area (Å²) >= 11 is 30.1. The van der Waals surface area contributed by atoms with Gasteiger partial charge in [-0.2, -0.15) is 8.78 Å². The maximum Gasteiger partial charge on any atom is 0.487 e. The summed E-state index contributed by atoms with van der Waals surface area (Å²) in [7, 11) is 4.16. The van der Waals surface area contributed by atoms with Crippen LogP contribution in [0.1, 0.15) is 124 Å². The first-order valence-corrected chi connectivity index (χ1v) is 48.4. The van der Waals surface area contributed by atoms with Crippen molar-refractivity contribution < 1.29 is 54.3 Å². The normalized spacial score (nSPS) is 16.4. The van der Waals surface area contributed by atoms with E-state index in [0.717, 1.165) is 60.4 Å². The zero-order valence-electron chi connectivity index (χ0n) is 70.1. The van der Waals surface area contributed by atoms with E-state index in [4.69, 9.17) is 77.9 Å². The Labute approximate surface area is 781 Å². The van der Waals surface area contributed by atoms with E-state index in [0.29, 0.717) is 63.1 Å². The molecule has 0 atom stereocenters. The minimum absolute atomic E-state index is 0. The smallest absolute Gasteiger partial charge is 0.412 e. The van der Waals surface area contributed by atoms with Gasteiger partial charge in [0.15, 0.2) is 29.5 Å². The highest BCUT2D eigenvalue weighted by Crippen LogP contribution is 2.38. The van der Waals surface area contributed by atoms with Gasteiger partial charge in [-0.3, -0.25) is 15.0 Å². The van der Waals surface area contributed by atoms with E-state index in [-0.39, 0.29) is 69.2 Å². The number of benzene rings is 4. The fourth-order valence-corrected chi connectivity index (χ4v) is 19.0. The molecule has 3 aliphatic rings. The number of hydrogen-bond donors (Lipinski definition) is 3. The summed E-state index contributed by atoms with van der Waals surface area (Å²) in [6.45, 7) is 7.95. The molecule has 7 aromatic heterocycles. The number of halogens is 9. The third kappa shape index (κ3) is 35.7. The van der Waals surface area contributed by atoms with Crippen LogP contribution >= 0.6 is 99.9 Å². The molecule has 126 heavy (non-hydrogen) atoms. The molecule has 0 radical (unpaired) electrons. The lowest BCUT2D eigenvalue weighted by Gasteiger charge is -2.32. The Morgan fingerprint density at radius 1 is 0.452 bits per heavy atom. The van der Waals surface area contributed by atoms with Gasteiger partial charge in [-0.15, -0.1) is 0 Å². The first-order valence-electron chi connectivity index (χ1n) is 38.7. The van der Waals surface area contributed by atoms with E-state index in [1.165, 1.54) is 87.6 Å². The maximum atomic E-state index is 12.7. The summed E-state index contributed by atoms with van der Waals surface area (Å²) in [5.41, 5.74) is 15.5. The summed E-state index contributed by atoms with van der Waals surface area (Å²) in [6, 6.07) is 42.9. The van der Waals surface area contributed by atoms with Crippen LogP contribution < -0.4 is 16.8 Å². The summed E-state index contributed by atoms with van der Waals surface area (Å²) in [5.74, 6) is 2.36. The zero-order chi connectivity index (χ0) is 90.2. The van der Waals surface area contributed by atoms with Crippen LogP contribution in [-0.4, -0.2) is 167 Å². The van der Waals surface area contributed by atoms with E-state index < -0.39 is 48.8 Å². The monoisotopic (exact) mass is 2020 g/mol. The van der Waals surface area contributed by atoms with Crippen molar-refractivity contribution in [2.45, 2.75) is 151 Å². The molecule has 2 aliphatic carbocycles. The fraction of sp³-hybridized carbons (Fsp3) is 0.287. The number of sulfone groups is 3. The van der Waals surface area contributed by atoms with E-state index in [1.54, 1.807) is 146 Å². The fourth-order valence-electron chi connectivity index (χ4n) is 11.9. The van der Waals surface area contributed by atoms with Gasteiger partial charge < -0.3 is 46.8 Å². The van der Waals surface area contributed by atoms with Gasteiger partial charge in [-0.25, -0.2) is 60.1 Å². The number of aromatic nitrogens is 10. The van der Waals surface area contributed by atoms with Crippen molar-refractivity contribution in [1.82, 2.24) is 59.6 Å². The molecule has 1 aliphatic heterocycles. The molecule has 0 spiro atoms. The van der Waals surface area contributed by atoms with Gasteiger partial charge in [0.25, 0.3) is 0 Å². The average molecular weight is 2030 g/mol. The molecule has 11 aromatic rings. The molecular formula is C87H99BBr2Cl5F2N15O10S4. The van der Waals surface area contributed by atoms with E-state index in [9.17, 15) is 34.0 Å². The maximum absolute atomic E-state index is 12.7. The number of anilines is 2. The van der Waals surface area contributed by atoms with Gasteiger partial charge in [-0.1, -0.05) is 143 Å². The molecule has 39 heteroatoms.